The zero-order valence-corrected chi connectivity index (χ0v) is 13.3. The minimum absolute atomic E-state index is 0.108. The van der Waals surface area contributed by atoms with E-state index in [1.807, 2.05) is 36.4 Å². The van der Waals surface area contributed by atoms with Crippen molar-refractivity contribution in [3.63, 3.8) is 0 Å². The second kappa shape index (κ2) is 7.40. The Morgan fingerprint density at radius 2 is 1.96 bits per heavy atom. The van der Waals surface area contributed by atoms with Crippen molar-refractivity contribution < 1.29 is 9.53 Å². The van der Waals surface area contributed by atoms with E-state index in [9.17, 15) is 4.79 Å². The first-order chi connectivity index (χ1) is 11.3. The molecule has 1 aliphatic heterocycles. The molecule has 1 heterocycles. The summed E-state index contributed by atoms with van der Waals surface area (Å²) in [6.07, 6.45) is 0.459. The molecule has 3 rings (SSSR count). The summed E-state index contributed by atoms with van der Waals surface area (Å²) in [4.78, 5) is 12.5. The molecular formula is C19H22N2O2. The Morgan fingerprint density at radius 3 is 2.74 bits per heavy atom. The third-order valence-corrected chi connectivity index (χ3v) is 4.27. The number of benzene rings is 2. The van der Waals surface area contributed by atoms with Crippen LogP contribution in [0.1, 0.15) is 28.8 Å². The van der Waals surface area contributed by atoms with Gasteiger partial charge in [-0.2, -0.15) is 0 Å². The number of methoxy groups -OCH3 is 1. The molecule has 1 amide bonds. The lowest BCUT2D eigenvalue weighted by molar-refractivity contribution is -0.131. The van der Waals surface area contributed by atoms with Crippen LogP contribution in [0.3, 0.4) is 0 Å². The van der Waals surface area contributed by atoms with Crippen molar-refractivity contribution in [3.05, 3.63) is 71.3 Å². The first-order valence-electron chi connectivity index (χ1n) is 7.96. The Kier molecular flexibility index (Phi) is 5.05. The molecule has 2 aromatic carbocycles. The maximum Gasteiger partial charge on any atom is 0.253 e. The molecule has 4 heteroatoms. The number of carbonyl (C=O) groups is 1. The third kappa shape index (κ3) is 3.60. The highest BCUT2D eigenvalue weighted by atomic mass is 16.5. The zero-order valence-electron chi connectivity index (χ0n) is 13.3. The molecule has 1 aliphatic rings. The lowest BCUT2D eigenvalue weighted by Gasteiger charge is -2.27. The summed E-state index contributed by atoms with van der Waals surface area (Å²) in [5.74, 6) is -0.108. The third-order valence-electron chi connectivity index (χ3n) is 4.27. The van der Waals surface area contributed by atoms with E-state index in [0.717, 1.165) is 18.5 Å². The van der Waals surface area contributed by atoms with Crippen molar-refractivity contribution in [3.8, 4) is 0 Å². The van der Waals surface area contributed by atoms with Gasteiger partial charge in [0.15, 0.2) is 6.10 Å². The van der Waals surface area contributed by atoms with Gasteiger partial charge in [0, 0.05) is 19.7 Å². The molecule has 23 heavy (non-hydrogen) atoms. The summed E-state index contributed by atoms with van der Waals surface area (Å²) in [7, 11) is 1.56. The molecule has 0 fully saturated rings. The molecule has 0 spiro atoms. The fourth-order valence-electron chi connectivity index (χ4n) is 3.09. The quantitative estimate of drug-likeness (QED) is 0.891. The second-order valence-corrected chi connectivity index (χ2v) is 5.73. The van der Waals surface area contributed by atoms with Crippen molar-refractivity contribution in [2.24, 2.45) is 0 Å². The predicted octanol–water partition coefficient (Wildman–Crippen LogP) is 2.38. The summed E-state index contributed by atoms with van der Waals surface area (Å²) in [6, 6.07) is 18.1. The topological polar surface area (TPSA) is 50.4 Å². The molecule has 0 radical (unpaired) electrons. The van der Waals surface area contributed by atoms with E-state index in [-0.39, 0.29) is 11.9 Å². The van der Waals surface area contributed by atoms with Crippen molar-refractivity contribution >= 4 is 5.91 Å². The van der Waals surface area contributed by atoms with Gasteiger partial charge in [0.25, 0.3) is 5.91 Å². The standard InChI is InChI=1S/C19H22N2O2/c1-23-18(15-8-3-2-4-9-15)19(22)21-13-17-16-10-6-5-7-14(16)11-12-20-17/h2-10,17-18,20H,11-13H2,1H3,(H,21,22). The fraction of sp³-hybridized carbons (Fsp3) is 0.316. The van der Waals surface area contributed by atoms with Gasteiger partial charge >= 0.3 is 0 Å². The van der Waals surface area contributed by atoms with Crippen molar-refractivity contribution in [1.82, 2.24) is 10.6 Å². The molecule has 4 nitrogen and oxygen atoms in total. The summed E-state index contributed by atoms with van der Waals surface area (Å²) in [5, 5.41) is 6.49. The number of rotatable bonds is 5. The molecule has 0 bridgehead atoms. The Bertz CT molecular complexity index is 657. The molecule has 0 saturated heterocycles. The molecule has 2 aromatic rings. The Morgan fingerprint density at radius 1 is 1.22 bits per heavy atom. The minimum Gasteiger partial charge on any atom is -0.367 e. The van der Waals surface area contributed by atoms with Gasteiger partial charge in [-0.3, -0.25) is 4.79 Å². The van der Waals surface area contributed by atoms with E-state index >= 15 is 0 Å². The summed E-state index contributed by atoms with van der Waals surface area (Å²) in [6.45, 7) is 1.49. The van der Waals surface area contributed by atoms with Crippen molar-refractivity contribution in [2.45, 2.75) is 18.6 Å². The number of hydrogen-bond acceptors (Lipinski definition) is 3. The molecule has 0 saturated carbocycles. The maximum absolute atomic E-state index is 12.5. The van der Waals surface area contributed by atoms with E-state index in [4.69, 9.17) is 4.74 Å². The Balaban J connectivity index is 1.65. The largest absolute Gasteiger partial charge is 0.367 e. The van der Waals surface area contributed by atoms with Crippen LogP contribution in [0.15, 0.2) is 54.6 Å². The highest BCUT2D eigenvalue weighted by molar-refractivity contribution is 5.82. The molecule has 2 unspecified atom stereocenters. The highest BCUT2D eigenvalue weighted by Gasteiger charge is 2.23. The van der Waals surface area contributed by atoms with Crippen LogP contribution in [-0.4, -0.2) is 26.1 Å². The van der Waals surface area contributed by atoms with Gasteiger partial charge in [-0.1, -0.05) is 54.6 Å². The Hall–Kier alpha value is -2.17. The van der Waals surface area contributed by atoms with Crippen LogP contribution in [0.2, 0.25) is 0 Å². The van der Waals surface area contributed by atoms with Crippen LogP contribution in [0.4, 0.5) is 0 Å². The fourth-order valence-corrected chi connectivity index (χ4v) is 3.09. The normalized spacial score (nSPS) is 18.0. The first kappa shape index (κ1) is 15.7. The average Bonchev–Trinajstić information content (AvgIpc) is 2.61. The first-order valence-corrected chi connectivity index (χ1v) is 7.96. The molecule has 0 aromatic heterocycles. The summed E-state index contributed by atoms with van der Waals surface area (Å²) in [5.41, 5.74) is 3.49. The molecule has 2 atom stereocenters. The van der Waals surface area contributed by atoms with Gasteiger partial charge in [-0.05, 0) is 29.7 Å². The maximum atomic E-state index is 12.5. The number of fused-ring (bicyclic) bond motifs is 1. The van der Waals surface area contributed by atoms with E-state index < -0.39 is 6.10 Å². The minimum atomic E-state index is -0.574. The molecular weight excluding hydrogens is 288 g/mol. The van der Waals surface area contributed by atoms with E-state index in [1.165, 1.54) is 11.1 Å². The van der Waals surface area contributed by atoms with Gasteiger partial charge in [0.05, 0.1) is 0 Å². The lowest BCUT2D eigenvalue weighted by Crippen LogP contribution is -2.40. The van der Waals surface area contributed by atoms with Gasteiger partial charge < -0.3 is 15.4 Å². The van der Waals surface area contributed by atoms with E-state index in [1.54, 1.807) is 7.11 Å². The van der Waals surface area contributed by atoms with Crippen LogP contribution in [-0.2, 0) is 16.0 Å². The SMILES string of the molecule is COC(C(=O)NCC1NCCc2ccccc21)c1ccccc1. The predicted molar refractivity (Wildman–Crippen MR) is 90.1 cm³/mol. The second-order valence-electron chi connectivity index (χ2n) is 5.73. The van der Waals surface area contributed by atoms with Crippen LogP contribution in [0.25, 0.3) is 0 Å². The van der Waals surface area contributed by atoms with Gasteiger partial charge in [0.1, 0.15) is 0 Å². The smallest absolute Gasteiger partial charge is 0.253 e. The van der Waals surface area contributed by atoms with Gasteiger partial charge in [0.2, 0.25) is 0 Å². The van der Waals surface area contributed by atoms with Crippen molar-refractivity contribution in [1.29, 1.82) is 0 Å². The van der Waals surface area contributed by atoms with Crippen LogP contribution < -0.4 is 10.6 Å². The van der Waals surface area contributed by atoms with Crippen LogP contribution >= 0.6 is 0 Å². The number of nitrogens with one attached hydrogen (secondary N) is 2. The molecule has 2 N–H and O–H groups in total. The number of hydrogen-bond donors (Lipinski definition) is 2. The number of amides is 1. The van der Waals surface area contributed by atoms with Gasteiger partial charge in [-0.25, -0.2) is 0 Å². The van der Waals surface area contributed by atoms with E-state index in [2.05, 4.69) is 28.8 Å². The number of ether oxygens (including phenoxy) is 1. The summed E-state index contributed by atoms with van der Waals surface area (Å²) < 4.78 is 5.38. The number of carbonyl (C=O) groups excluding carboxylic acids is 1. The van der Waals surface area contributed by atoms with Crippen molar-refractivity contribution in [2.75, 3.05) is 20.2 Å². The van der Waals surface area contributed by atoms with E-state index in [0.29, 0.717) is 6.54 Å². The molecule has 120 valence electrons. The Labute approximate surface area is 136 Å². The highest BCUT2D eigenvalue weighted by Crippen LogP contribution is 2.22. The summed E-state index contributed by atoms with van der Waals surface area (Å²) >= 11 is 0. The van der Waals surface area contributed by atoms with Crippen LogP contribution in [0, 0.1) is 0 Å². The van der Waals surface area contributed by atoms with Crippen LogP contribution in [0.5, 0.6) is 0 Å². The average molecular weight is 310 g/mol. The van der Waals surface area contributed by atoms with Gasteiger partial charge in [-0.15, -0.1) is 0 Å². The molecule has 0 aliphatic carbocycles. The lowest BCUT2D eigenvalue weighted by atomic mass is 9.94. The zero-order chi connectivity index (χ0) is 16.1. The monoisotopic (exact) mass is 310 g/mol.